The summed E-state index contributed by atoms with van der Waals surface area (Å²) in [5.41, 5.74) is -0.702. The van der Waals surface area contributed by atoms with E-state index in [1.54, 1.807) is 0 Å². The van der Waals surface area contributed by atoms with Gasteiger partial charge in [0.2, 0.25) is 0 Å². The van der Waals surface area contributed by atoms with Gasteiger partial charge in [-0.15, -0.1) is 0 Å². The van der Waals surface area contributed by atoms with Gasteiger partial charge in [0.05, 0.1) is 65.5 Å². The SMILES string of the molecule is N#Cc1c2ccc3cc2c(C#N)c2ccc(cc12)S(=O)(=O)C[C@@H]1O[C@H]2O[C@@H]4[C@H](O)[C@H](O)[C@H](O[C@@H]5[C@H](O)[C@H](O)[C@H](O[C@H]6[C@@H](O)[C@H](O)[C@H](O[C@@H]7[C@@H](O)[C@H](O)[C@H](O[C@H]8[C@H](O)[C@H](O)[C@H](O[C@H]9[C@H](O)[C@H](O)[C@H](O[C@@H]1[C@@H](O)[C@@H]2O)O[C@@H]9CO)O[C@@H]8CO)O[C@@H]7CO)O[C@H]6CS3(=O)=O)O[C@H]5CO)O[C@@H]4CO. The molecule has 550 valence electrons. The molecular weight excluding hydrogens is 1380 g/mol. The lowest BCUT2D eigenvalue weighted by Crippen LogP contribution is -2.68. The number of ether oxygens (including phenoxy) is 14. The molecule has 0 aliphatic carbocycles. The zero-order valence-corrected chi connectivity index (χ0v) is 52.8. The molecule has 35 atom stereocenters. The van der Waals surface area contributed by atoms with Crippen molar-refractivity contribution in [3.05, 3.63) is 47.5 Å². The van der Waals surface area contributed by atoms with E-state index in [0.717, 1.165) is 36.4 Å². The van der Waals surface area contributed by atoms with Crippen LogP contribution in [0.25, 0.3) is 21.5 Å². The largest absolute Gasteiger partial charge is 0.394 e. The molecule has 41 heteroatoms. The number of nitriles is 2. The van der Waals surface area contributed by atoms with Gasteiger partial charge in [0.25, 0.3) is 0 Å². The van der Waals surface area contributed by atoms with E-state index in [1.807, 2.05) is 12.1 Å². The molecule has 0 aromatic heterocycles. The first-order valence-corrected chi connectivity index (χ1v) is 34.4. The summed E-state index contributed by atoms with van der Waals surface area (Å²) in [7, 11) is -10.0. The Labute approximate surface area is 559 Å². The Hall–Kier alpha value is -4.26. The van der Waals surface area contributed by atoms with E-state index < -0.39 is 289 Å². The van der Waals surface area contributed by atoms with Crippen LogP contribution in [0.1, 0.15) is 11.1 Å². The molecule has 3 aromatic rings. The van der Waals surface area contributed by atoms with E-state index in [0.29, 0.717) is 0 Å². The summed E-state index contributed by atoms with van der Waals surface area (Å²) in [5, 5.41) is 239. The molecule has 19 N–H and O–H groups in total. The normalized spacial score (nSPS) is 47.3. The Bertz CT molecular complexity index is 3690. The van der Waals surface area contributed by atoms with Crippen LogP contribution in [0.15, 0.2) is 46.2 Å². The summed E-state index contributed by atoms with van der Waals surface area (Å²) in [6.45, 7) is -5.88. The van der Waals surface area contributed by atoms with Gasteiger partial charge >= 0.3 is 0 Å². The number of rotatable bonds is 5. The van der Waals surface area contributed by atoms with Gasteiger partial charge in [-0.3, -0.25) is 0 Å². The first kappa shape index (κ1) is 74.5. The number of hydrogen-bond donors (Lipinski definition) is 19. The van der Waals surface area contributed by atoms with Crippen molar-refractivity contribution in [3.63, 3.8) is 0 Å². The number of hydrogen-bond acceptors (Lipinski definition) is 39. The summed E-state index contributed by atoms with van der Waals surface area (Å²) in [6.07, 6.45) is -78.3. The summed E-state index contributed by atoms with van der Waals surface area (Å²) in [6, 6.07) is 9.88. The van der Waals surface area contributed by atoms with Crippen LogP contribution in [0.2, 0.25) is 0 Å². The highest BCUT2D eigenvalue weighted by Gasteiger charge is 2.60. The number of aliphatic hydroxyl groups excluding tert-OH is 19. The predicted octanol–water partition coefficient (Wildman–Crippen LogP) is -11.9. The molecule has 99 heavy (non-hydrogen) atoms. The minimum absolute atomic E-state index is 0.147. The molecule has 0 spiro atoms. The summed E-state index contributed by atoms with van der Waals surface area (Å²) < 4.78 is 142. The molecule has 0 unspecified atom stereocenters. The third-order valence-corrected chi connectivity index (χ3v) is 22.7. The standard InChI is InChI=1S/C58H74N2O37S2/c59-7-22-19-4-2-17-6-21(19)23(8-60)18-3-1-16(5-20(18)22)98(80,81)14-29-50-37(72)44(79)58(90-29)95-49-28(13-65)86-54(40(75)33(49)68)93-47-26(11-63)88-56(42(77)35(47)70)97-51-30(15-99(17,82)83)89-57(43(78)36(51)71)94-48-27(12-64)85-53(39(74)32(48)67)91-45-24(9-61)84-52(38(73)31(45)66)92-46-25(10-62)87-55(96-50)41(76)34(46)69/h1-6,24-58,61-79H,9-15H2/t24-,25-,26+,27-,28-,29+,30+,31-,32+,33-,34-,35-,36+,37+,38+,39+,40+,41+,42+,43+,44+,45-,46-,47+,48+,49+,50+,51-,52+,53+,54+,55+,56+,57+,58+/m1/s1. The van der Waals surface area contributed by atoms with Gasteiger partial charge in [-0.25, -0.2) is 16.8 Å². The Kier molecular flexibility index (Phi) is 22.1. The van der Waals surface area contributed by atoms with E-state index in [2.05, 4.69) is 0 Å². The Morgan fingerprint density at radius 3 is 0.737 bits per heavy atom. The monoisotopic (exact) mass is 1450 g/mol. The minimum Gasteiger partial charge on any atom is -0.394 e. The smallest absolute Gasteiger partial charge is 0.187 e. The van der Waals surface area contributed by atoms with Crippen LogP contribution in [0.5, 0.6) is 0 Å². The molecule has 7 saturated heterocycles. The van der Waals surface area contributed by atoms with Crippen molar-refractivity contribution in [2.24, 2.45) is 0 Å². The lowest BCUT2D eigenvalue weighted by Gasteiger charge is -2.50. The average molecular weight is 1460 g/mol. The first-order valence-electron chi connectivity index (χ1n) is 31.1. The Balaban J connectivity index is 1.02. The van der Waals surface area contributed by atoms with Crippen molar-refractivity contribution < 1.29 is 180 Å². The molecule has 3 aromatic carbocycles. The lowest BCUT2D eigenvalue weighted by atomic mass is 9.93. The highest BCUT2D eigenvalue weighted by molar-refractivity contribution is 7.91. The summed E-state index contributed by atoms with van der Waals surface area (Å²) in [4.78, 5) is -1.32. The second-order valence-corrected chi connectivity index (χ2v) is 29.3. The fourth-order valence-corrected chi connectivity index (χ4v) is 16.8. The second-order valence-electron chi connectivity index (χ2n) is 25.2. The van der Waals surface area contributed by atoms with Crippen LogP contribution >= 0.6 is 0 Å². The van der Waals surface area contributed by atoms with Crippen molar-refractivity contribution in [2.75, 3.05) is 44.5 Å². The molecule has 23 aliphatic rings. The molecule has 39 nitrogen and oxygen atoms in total. The molecule has 0 saturated carbocycles. The van der Waals surface area contributed by atoms with E-state index in [1.165, 1.54) is 0 Å². The van der Waals surface area contributed by atoms with Crippen molar-refractivity contribution in [1.82, 2.24) is 0 Å². The maximum Gasteiger partial charge on any atom is 0.187 e. The summed E-state index contributed by atoms with van der Waals surface area (Å²) in [5.74, 6) is -2.76. The topological polar surface area (TPSA) is 629 Å². The molecule has 23 aliphatic heterocycles. The number of aliphatic hydroxyl groups is 19. The fraction of sp³-hybridized carbons (Fsp3) is 0.724. The van der Waals surface area contributed by atoms with Gasteiger partial charge in [-0.1, -0.05) is 12.1 Å². The number of benzene rings is 3. The Morgan fingerprint density at radius 2 is 0.515 bits per heavy atom. The molecule has 26 rings (SSSR count). The van der Waals surface area contributed by atoms with Gasteiger partial charge in [0.1, 0.15) is 183 Å². The van der Waals surface area contributed by atoms with E-state index >= 15 is 16.8 Å². The third-order valence-electron chi connectivity index (χ3n) is 19.2. The first-order chi connectivity index (χ1) is 47.0. The molecule has 20 bridgehead atoms. The fourth-order valence-electron chi connectivity index (χ4n) is 13.8. The molecule has 23 heterocycles. The van der Waals surface area contributed by atoms with Crippen LogP contribution in [0, 0.1) is 22.7 Å². The lowest BCUT2D eigenvalue weighted by molar-refractivity contribution is -0.395. The van der Waals surface area contributed by atoms with Crippen LogP contribution in [0.4, 0.5) is 0 Å². The second kappa shape index (κ2) is 29.3. The third kappa shape index (κ3) is 13.5. The highest BCUT2D eigenvalue weighted by Crippen LogP contribution is 2.42. The zero-order valence-electron chi connectivity index (χ0n) is 51.2. The van der Waals surface area contributed by atoms with Gasteiger partial charge in [-0.2, -0.15) is 10.5 Å². The quantitative estimate of drug-likeness (QED) is 0.105. The summed E-state index contributed by atoms with van der Waals surface area (Å²) >= 11 is 0. The van der Waals surface area contributed by atoms with Crippen molar-refractivity contribution in [3.8, 4) is 12.1 Å². The van der Waals surface area contributed by atoms with Crippen LogP contribution in [-0.2, 0) is 86.0 Å². The van der Waals surface area contributed by atoms with Crippen molar-refractivity contribution in [2.45, 2.75) is 225 Å². The highest BCUT2D eigenvalue weighted by atomic mass is 32.2. The molecule has 0 amide bonds. The molecule has 0 radical (unpaired) electrons. The van der Waals surface area contributed by atoms with E-state index in [4.69, 9.17) is 66.3 Å². The van der Waals surface area contributed by atoms with E-state index in [9.17, 15) is 108 Å². The van der Waals surface area contributed by atoms with Gasteiger partial charge in [0.15, 0.2) is 63.7 Å². The average Bonchev–Trinajstić information content (AvgIpc) is 0.742. The van der Waals surface area contributed by atoms with Gasteiger partial charge < -0.3 is 163 Å². The van der Waals surface area contributed by atoms with Crippen LogP contribution in [-0.4, -0.2) is 373 Å². The maximum absolute atomic E-state index is 15.0. The predicted molar refractivity (Wildman–Crippen MR) is 309 cm³/mol. The van der Waals surface area contributed by atoms with Crippen molar-refractivity contribution in [1.29, 1.82) is 10.5 Å². The van der Waals surface area contributed by atoms with Crippen LogP contribution in [0.3, 0.4) is 0 Å². The van der Waals surface area contributed by atoms with Crippen molar-refractivity contribution >= 4 is 41.2 Å². The van der Waals surface area contributed by atoms with Crippen LogP contribution < -0.4 is 0 Å². The zero-order chi connectivity index (χ0) is 71.3. The van der Waals surface area contributed by atoms with Gasteiger partial charge in [-0.05, 0) is 24.3 Å². The Morgan fingerprint density at radius 1 is 0.303 bits per heavy atom. The molecule has 7 fully saturated rings. The number of nitrogens with zero attached hydrogens (tertiary/aromatic N) is 2. The maximum atomic E-state index is 15.0. The minimum atomic E-state index is -5.02. The van der Waals surface area contributed by atoms with E-state index in [-0.39, 0.29) is 32.7 Å². The van der Waals surface area contributed by atoms with Gasteiger partial charge in [0, 0.05) is 21.5 Å². The molecular formula is C58H74N2O37S2. The number of sulfone groups is 2.